The second kappa shape index (κ2) is 7.05. The molecule has 0 radical (unpaired) electrons. The molecule has 0 aliphatic heterocycles. The molecule has 110 valence electrons. The maximum absolute atomic E-state index is 11.8. The van der Waals surface area contributed by atoms with Gasteiger partial charge in [0.2, 0.25) is 11.8 Å². The SMILES string of the molecule is CC(C)(C)NC(=O)CNC(=O)Cc1ccccc1CN. The van der Waals surface area contributed by atoms with E-state index in [1.165, 1.54) is 0 Å². The second-order valence-electron chi connectivity index (χ2n) is 5.72. The lowest BCUT2D eigenvalue weighted by atomic mass is 10.0. The monoisotopic (exact) mass is 277 g/mol. The van der Waals surface area contributed by atoms with Crippen LogP contribution in [0.15, 0.2) is 24.3 Å². The van der Waals surface area contributed by atoms with E-state index >= 15 is 0 Å². The Morgan fingerprint density at radius 1 is 1.10 bits per heavy atom. The molecule has 1 aromatic carbocycles. The highest BCUT2D eigenvalue weighted by Crippen LogP contribution is 2.08. The van der Waals surface area contributed by atoms with Gasteiger partial charge in [-0.25, -0.2) is 0 Å². The number of carbonyl (C=O) groups excluding carboxylic acids is 2. The number of hydrogen-bond donors (Lipinski definition) is 3. The molecule has 0 saturated carbocycles. The number of nitrogens with two attached hydrogens (primary N) is 1. The van der Waals surface area contributed by atoms with Crippen LogP contribution in [-0.2, 0) is 22.6 Å². The molecule has 0 heterocycles. The van der Waals surface area contributed by atoms with Crippen LogP contribution in [0.4, 0.5) is 0 Å². The molecular formula is C15H23N3O2. The van der Waals surface area contributed by atoms with Gasteiger partial charge in [-0.05, 0) is 31.9 Å². The molecule has 0 aliphatic rings. The van der Waals surface area contributed by atoms with Crippen molar-refractivity contribution in [2.24, 2.45) is 5.73 Å². The molecule has 5 heteroatoms. The van der Waals surface area contributed by atoms with Gasteiger partial charge in [0, 0.05) is 12.1 Å². The highest BCUT2D eigenvalue weighted by Gasteiger charge is 2.14. The van der Waals surface area contributed by atoms with E-state index in [0.717, 1.165) is 11.1 Å². The van der Waals surface area contributed by atoms with E-state index < -0.39 is 0 Å². The van der Waals surface area contributed by atoms with Gasteiger partial charge in [-0.3, -0.25) is 9.59 Å². The molecule has 0 spiro atoms. The van der Waals surface area contributed by atoms with E-state index in [4.69, 9.17) is 5.73 Å². The van der Waals surface area contributed by atoms with Crippen LogP contribution in [-0.4, -0.2) is 23.9 Å². The van der Waals surface area contributed by atoms with E-state index in [1.807, 2.05) is 45.0 Å². The molecule has 0 aromatic heterocycles. The Morgan fingerprint density at radius 2 is 1.70 bits per heavy atom. The van der Waals surface area contributed by atoms with Gasteiger partial charge in [-0.1, -0.05) is 24.3 Å². The quantitative estimate of drug-likeness (QED) is 0.741. The van der Waals surface area contributed by atoms with Crippen molar-refractivity contribution < 1.29 is 9.59 Å². The molecule has 0 unspecified atom stereocenters. The Morgan fingerprint density at radius 3 is 2.25 bits per heavy atom. The first-order chi connectivity index (χ1) is 9.31. The van der Waals surface area contributed by atoms with Crippen LogP contribution in [0.2, 0.25) is 0 Å². The topological polar surface area (TPSA) is 84.2 Å². The molecule has 1 aromatic rings. The first kappa shape index (κ1) is 16.2. The third-order valence-electron chi connectivity index (χ3n) is 2.65. The fourth-order valence-electron chi connectivity index (χ4n) is 1.81. The summed E-state index contributed by atoms with van der Waals surface area (Å²) < 4.78 is 0. The molecule has 0 saturated heterocycles. The Kier molecular flexibility index (Phi) is 5.70. The van der Waals surface area contributed by atoms with E-state index in [1.54, 1.807) is 0 Å². The first-order valence-electron chi connectivity index (χ1n) is 6.66. The first-order valence-corrected chi connectivity index (χ1v) is 6.66. The summed E-state index contributed by atoms with van der Waals surface area (Å²) in [6.07, 6.45) is 0.232. The number of amides is 2. The van der Waals surface area contributed by atoms with Crippen LogP contribution in [0.1, 0.15) is 31.9 Å². The zero-order chi connectivity index (χ0) is 15.2. The molecular weight excluding hydrogens is 254 g/mol. The largest absolute Gasteiger partial charge is 0.350 e. The van der Waals surface area contributed by atoms with Crippen LogP contribution >= 0.6 is 0 Å². The summed E-state index contributed by atoms with van der Waals surface area (Å²) >= 11 is 0. The van der Waals surface area contributed by atoms with Gasteiger partial charge in [0.05, 0.1) is 13.0 Å². The number of carbonyl (C=O) groups is 2. The molecule has 0 atom stereocenters. The van der Waals surface area contributed by atoms with Crippen molar-refractivity contribution in [3.63, 3.8) is 0 Å². The van der Waals surface area contributed by atoms with Crippen LogP contribution in [0.25, 0.3) is 0 Å². The minimum absolute atomic E-state index is 0.0130. The van der Waals surface area contributed by atoms with Crippen molar-refractivity contribution in [2.75, 3.05) is 6.54 Å². The minimum atomic E-state index is -0.298. The molecule has 0 fully saturated rings. The predicted octanol–water partition coefficient (Wildman–Crippen LogP) is 0.719. The molecule has 4 N–H and O–H groups in total. The lowest BCUT2D eigenvalue weighted by molar-refractivity contribution is -0.126. The van der Waals surface area contributed by atoms with Crippen LogP contribution in [0.3, 0.4) is 0 Å². The fraction of sp³-hybridized carbons (Fsp3) is 0.467. The lowest BCUT2D eigenvalue weighted by Gasteiger charge is -2.20. The third-order valence-corrected chi connectivity index (χ3v) is 2.65. The van der Waals surface area contributed by atoms with Gasteiger partial charge in [0.1, 0.15) is 0 Å². The van der Waals surface area contributed by atoms with E-state index in [9.17, 15) is 9.59 Å². The number of benzene rings is 1. The zero-order valence-corrected chi connectivity index (χ0v) is 12.3. The van der Waals surface area contributed by atoms with Crippen molar-refractivity contribution in [2.45, 2.75) is 39.3 Å². The standard InChI is InChI=1S/C15H23N3O2/c1-15(2,3)18-14(20)10-17-13(19)8-11-6-4-5-7-12(11)9-16/h4-7H,8-10,16H2,1-3H3,(H,17,19)(H,18,20). The normalized spacial score (nSPS) is 11.0. The van der Waals surface area contributed by atoms with Gasteiger partial charge in [0.15, 0.2) is 0 Å². The molecule has 1 rings (SSSR count). The van der Waals surface area contributed by atoms with E-state index in [2.05, 4.69) is 10.6 Å². The van der Waals surface area contributed by atoms with Gasteiger partial charge in [0.25, 0.3) is 0 Å². The molecule has 5 nitrogen and oxygen atoms in total. The zero-order valence-electron chi connectivity index (χ0n) is 12.3. The highest BCUT2D eigenvalue weighted by molar-refractivity contribution is 5.86. The molecule has 2 amide bonds. The molecule has 20 heavy (non-hydrogen) atoms. The van der Waals surface area contributed by atoms with E-state index in [0.29, 0.717) is 6.54 Å². The maximum Gasteiger partial charge on any atom is 0.239 e. The molecule has 0 aliphatic carbocycles. The highest BCUT2D eigenvalue weighted by atomic mass is 16.2. The summed E-state index contributed by atoms with van der Waals surface area (Å²) in [5.74, 6) is -0.382. The average molecular weight is 277 g/mol. The van der Waals surface area contributed by atoms with Crippen LogP contribution in [0, 0.1) is 0 Å². The average Bonchev–Trinajstić information content (AvgIpc) is 2.35. The predicted molar refractivity (Wildman–Crippen MR) is 78.9 cm³/mol. The van der Waals surface area contributed by atoms with Crippen LogP contribution in [0.5, 0.6) is 0 Å². The van der Waals surface area contributed by atoms with Gasteiger partial charge in [-0.2, -0.15) is 0 Å². The minimum Gasteiger partial charge on any atom is -0.350 e. The second-order valence-corrected chi connectivity index (χ2v) is 5.72. The Bertz CT molecular complexity index is 478. The van der Waals surface area contributed by atoms with Crippen molar-refractivity contribution >= 4 is 11.8 Å². The summed E-state index contributed by atoms with van der Waals surface area (Å²) in [5, 5.41) is 5.40. The Labute approximate surface area is 119 Å². The van der Waals surface area contributed by atoms with Gasteiger partial charge < -0.3 is 16.4 Å². The van der Waals surface area contributed by atoms with Crippen molar-refractivity contribution in [1.29, 1.82) is 0 Å². The van der Waals surface area contributed by atoms with Crippen molar-refractivity contribution in [3.05, 3.63) is 35.4 Å². The summed E-state index contributed by atoms with van der Waals surface area (Å²) in [6, 6.07) is 7.53. The smallest absolute Gasteiger partial charge is 0.239 e. The summed E-state index contributed by atoms with van der Waals surface area (Å²) in [5.41, 5.74) is 7.16. The summed E-state index contributed by atoms with van der Waals surface area (Å²) in [7, 11) is 0. The van der Waals surface area contributed by atoms with Crippen molar-refractivity contribution in [3.8, 4) is 0 Å². The molecule has 0 bridgehead atoms. The van der Waals surface area contributed by atoms with Gasteiger partial charge >= 0.3 is 0 Å². The Hall–Kier alpha value is -1.88. The number of nitrogens with one attached hydrogen (secondary N) is 2. The van der Waals surface area contributed by atoms with Crippen LogP contribution < -0.4 is 16.4 Å². The summed E-state index contributed by atoms with van der Waals surface area (Å²) in [6.45, 7) is 6.06. The fourth-order valence-corrected chi connectivity index (χ4v) is 1.81. The third kappa shape index (κ3) is 5.84. The lowest BCUT2D eigenvalue weighted by Crippen LogP contribution is -2.46. The van der Waals surface area contributed by atoms with E-state index in [-0.39, 0.29) is 30.3 Å². The van der Waals surface area contributed by atoms with Gasteiger partial charge in [-0.15, -0.1) is 0 Å². The summed E-state index contributed by atoms with van der Waals surface area (Å²) in [4.78, 5) is 23.4. The Balaban J connectivity index is 2.46. The van der Waals surface area contributed by atoms with Crippen molar-refractivity contribution in [1.82, 2.24) is 10.6 Å². The number of hydrogen-bond acceptors (Lipinski definition) is 3. The number of rotatable bonds is 5. The maximum atomic E-state index is 11.8.